The molecule has 0 saturated heterocycles. The molecule has 5 aliphatic carbocycles. The molecule has 4 fully saturated rings. The Balaban J connectivity index is 1.59. The number of fused-ring (bicyclic) bond motifs is 7. The molecule has 5 rings (SSSR count). The van der Waals surface area contributed by atoms with Crippen molar-refractivity contribution in [3.63, 3.8) is 0 Å². The lowest BCUT2D eigenvalue weighted by Crippen LogP contribution is -2.67. The topological polar surface area (TPSA) is 80.7 Å². The van der Waals surface area contributed by atoms with Crippen molar-refractivity contribution in [1.82, 2.24) is 0 Å². The van der Waals surface area contributed by atoms with E-state index in [2.05, 4.69) is 54.5 Å². The number of esters is 1. The molecule has 0 radical (unpaired) electrons. The maximum Gasteiger partial charge on any atom is 0.310 e. The van der Waals surface area contributed by atoms with Gasteiger partial charge in [0.1, 0.15) is 11.9 Å². The van der Waals surface area contributed by atoms with Crippen LogP contribution in [-0.2, 0) is 19.1 Å². The predicted molar refractivity (Wildman–Crippen MR) is 143 cm³/mol. The van der Waals surface area contributed by atoms with Crippen LogP contribution in [0.25, 0.3) is 0 Å². The van der Waals surface area contributed by atoms with Crippen molar-refractivity contribution in [2.75, 3.05) is 0 Å². The summed E-state index contributed by atoms with van der Waals surface area (Å²) in [5, 5.41) is 10.5. The normalized spacial score (nSPS) is 47.9. The molecule has 5 heteroatoms. The van der Waals surface area contributed by atoms with E-state index in [1.807, 2.05) is 0 Å². The lowest BCUT2D eigenvalue weighted by molar-refractivity contribution is -0.209. The zero-order valence-corrected chi connectivity index (χ0v) is 24.3. The van der Waals surface area contributed by atoms with Crippen LogP contribution in [0, 0.1) is 50.2 Å². The molecule has 5 aliphatic rings. The van der Waals surface area contributed by atoms with E-state index < -0.39 is 16.8 Å². The highest BCUT2D eigenvalue weighted by atomic mass is 16.5. The number of carboxylic acids is 1. The highest BCUT2D eigenvalue weighted by molar-refractivity contribution is 5.87. The van der Waals surface area contributed by atoms with Crippen LogP contribution in [0.3, 0.4) is 0 Å². The monoisotopic (exact) mass is 512 g/mol. The summed E-state index contributed by atoms with van der Waals surface area (Å²) in [7, 11) is 0. The van der Waals surface area contributed by atoms with Crippen molar-refractivity contribution in [3.05, 3.63) is 11.6 Å². The maximum absolute atomic E-state index is 14.1. The summed E-state index contributed by atoms with van der Waals surface area (Å²) in [5.74, 6) is -0.257. The Labute approximate surface area is 223 Å². The molecule has 37 heavy (non-hydrogen) atoms. The number of allylic oxidation sites excluding steroid dienone is 2. The Hall–Kier alpha value is -1.65. The summed E-state index contributed by atoms with van der Waals surface area (Å²) >= 11 is 0. The molecular weight excluding hydrogens is 464 g/mol. The van der Waals surface area contributed by atoms with Crippen molar-refractivity contribution in [1.29, 1.82) is 0 Å². The van der Waals surface area contributed by atoms with Crippen LogP contribution >= 0.6 is 0 Å². The van der Waals surface area contributed by atoms with Crippen LogP contribution in [0.1, 0.15) is 113 Å². The standard InChI is InChI=1S/C32H48O5/c1-19(33)37-25-17-24(34)31(8)22(28(25,4)5)11-12-30(7)23(31)10-9-20-21-18-27(2,3)13-15-32(21,26(35)36)16-14-29(20,30)6/h9,21-23,25H,10-18H2,1-8H3,(H,35,36)/t21-,22-,23-,25-,29+,30+,31-,32-/m0/s1. The number of hydrogen-bond donors (Lipinski definition) is 1. The summed E-state index contributed by atoms with van der Waals surface area (Å²) in [6, 6.07) is 0. The van der Waals surface area contributed by atoms with Crippen molar-refractivity contribution < 1.29 is 24.2 Å². The van der Waals surface area contributed by atoms with Gasteiger partial charge in [-0.3, -0.25) is 14.4 Å². The van der Waals surface area contributed by atoms with Crippen LogP contribution in [-0.4, -0.2) is 28.9 Å². The lowest BCUT2D eigenvalue weighted by Gasteiger charge is -2.70. The molecule has 0 unspecified atom stereocenters. The number of rotatable bonds is 2. The van der Waals surface area contributed by atoms with E-state index in [1.165, 1.54) is 12.5 Å². The second kappa shape index (κ2) is 7.94. The van der Waals surface area contributed by atoms with Crippen LogP contribution in [0.5, 0.6) is 0 Å². The third-order valence-electron chi connectivity index (χ3n) is 13.2. The van der Waals surface area contributed by atoms with Crippen molar-refractivity contribution in [2.45, 2.75) is 119 Å². The average Bonchev–Trinajstić information content (AvgIpc) is 2.77. The van der Waals surface area contributed by atoms with Gasteiger partial charge in [-0.1, -0.05) is 60.1 Å². The van der Waals surface area contributed by atoms with E-state index >= 15 is 0 Å². The third-order valence-corrected chi connectivity index (χ3v) is 13.2. The molecule has 1 N–H and O–H groups in total. The molecule has 0 aromatic heterocycles. The van der Waals surface area contributed by atoms with E-state index in [0.29, 0.717) is 6.42 Å². The molecule has 0 heterocycles. The molecular formula is C32H48O5. The zero-order valence-electron chi connectivity index (χ0n) is 24.3. The zero-order chi connectivity index (χ0) is 27.4. The molecule has 0 bridgehead atoms. The van der Waals surface area contributed by atoms with Gasteiger partial charge in [-0.25, -0.2) is 0 Å². The fraction of sp³-hybridized carbons (Fsp3) is 0.844. The second-order valence-corrected chi connectivity index (χ2v) is 15.5. The maximum atomic E-state index is 14.1. The van der Waals surface area contributed by atoms with Gasteiger partial charge >= 0.3 is 11.9 Å². The van der Waals surface area contributed by atoms with Crippen LogP contribution in [0.4, 0.5) is 0 Å². The fourth-order valence-corrected chi connectivity index (χ4v) is 10.7. The quantitative estimate of drug-likeness (QED) is 0.319. The van der Waals surface area contributed by atoms with Gasteiger partial charge < -0.3 is 9.84 Å². The second-order valence-electron chi connectivity index (χ2n) is 15.5. The van der Waals surface area contributed by atoms with Gasteiger partial charge in [0.2, 0.25) is 0 Å². The molecule has 0 spiro atoms. The van der Waals surface area contributed by atoms with E-state index in [9.17, 15) is 19.5 Å². The Kier molecular flexibility index (Phi) is 5.78. The molecule has 5 nitrogen and oxygen atoms in total. The molecule has 0 aliphatic heterocycles. The van der Waals surface area contributed by atoms with E-state index in [0.717, 1.165) is 51.4 Å². The van der Waals surface area contributed by atoms with Gasteiger partial charge in [0.05, 0.1) is 5.41 Å². The first-order valence-electron chi connectivity index (χ1n) is 14.6. The summed E-state index contributed by atoms with van der Waals surface area (Å²) in [5.41, 5.74) is -0.0728. The lowest BCUT2D eigenvalue weighted by atomic mass is 9.33. The van der Waals surface area contributed by atoms with Crippen LogP contribution in [0.2, 0.25) is 0 Å². The number of hydrogen-bond acceptors (Lipinski definition) is 4. The molecule has 0 aromatic rings. The van der Waals surface area contributed by atoms with Crippen molar-refractivity contribution >= 4 is 17.7 Å². The van der Waals surface area contributed by atoms with Crippen molar-refractivity contribution in [2.24, 2.45) is 50.2 Å². The molecule has 206 valence electrons. The first kappa shape index (κ1) is 26.9. The van der Waals surface area contributed by atoms with Crippen molar-refractivity contribution in [3.8, 4) is 0 Å². The van der Waals surface area contributed by atoms with E-state index in [4.69, 9.17) is 4.74 Å². The minimum absolute atomic E-state index is 0.0719. The number of aliphatic carboxylic acids is 1. The summed E-state index contributed by atoms with van der Waals surface area (Å²) < 4.78 is 5.72. The minimum atomic E-state index is -0.648. The largest absolute Gasteiger partial charge is 0.481 e. The average molecular weight is 513 g/mol. The molecule has 4 saturated carbocycles. The molecule has 8 atom stereocenters. The van der Waals surface area contributed by atoms with Gasteiger partial charge in [-0.05, 0) is 85.4 Å². The fourth-order valence-electron chi connectivity index (χ4n) is 10.7. The number of Topliss-reactive ketones (excluding diaryl/α,β-unsaturated/α-hetero) is 1. The molecule has 0 amide bonds. The van der Waals surface area contributed by atoms with Crippen LogP contribution < -0.4 is 0 Å². The van der Waals surface area contributed by atoms with Gasteiger partial charge in [-0.2, -0.15) is 0 Å². The summed E-state index contributed by atoms with van der Waals surface area (Å²) in [6.07, 6.45) is 9.37. The Morgan fingerprint density at radius 3 is 2.22 bits per heavy atom. The van der Waals surface area contributed by atoms with Gasteiger partial charge in [0, 0.05) is 24.2 Å². The number of ketones is 1. The van der Waals surface area contributed by atoms with Gasteiger partial charge in [0.25, 0.3) is 0 Å². The number of carbonyl (C=O) groups is 3. The van der Waals surface area contributed by atoms with E-state index in [1.54, 1.807) is 0 Å². The molecule has 0 aromatic carbocycles. The third kappa shape index (κ3) is 3.37. The number of carboxylic acid groups (broad SMARTS) is 1. The summed E-state index contributed by atoms with van der Waals surface area (Å²) in [6.45, 7) is 17.5. The highest BCUT2D eigenvalue weighted by Crippen LogP contribution is 2.75. The number of carbonyl (C=O) groups excluding carboxylic acids is 2. The summed E-state index contributed by atoms with van der Waals surface area (Å²) in [4.78, 5) is 38.7. The van der Waals surface area contributed by atoms with E-state index in [-0.39, 0.29) is 57.3 Å². The first-order valence-corrected chi connectivity index (χ1v) is 14.6. The Morgan fingerprint density at radius 2 is 1.59 bits per heavy atom. The highest BCUT2D eigenvalue weighted by Gasteiger charge is 2.71. The minimum Gasteiger partial charge on any atom is -0.481 e. The van der Waals surface area contributed by atoms with Crippen LogP contribution in [0.15, 0.2) is 11.6 Å². The SMILES string of the molecule is CC(=O)O[C@H]1CC(=O)[C@]2(C)[C@H]3CC=C4[C@@H]5CC(C)(C)CC[C@]5(C(=O)O)CC[C@@]4(C)[C@]3(C)CC[C@H]2C1(C)C. The number of ether oxygens (including phenoxy) is 1. The predicted octanol–water partition coefficient (Wildman–Crippen LogP) is 6.98. The van der Waals surface area contributed by atoms with Gasteiger partial charge in [-0.15, -0.1) is 0 Å². The Bertz CT molecular complexity index is 1070. The first-order chi connectivity index (χ1) is 17.0. The smallest absolute Gasteiger partial charge is 0.310 e. The Morgan fingerprint density at radius 1 is 0.946 bits per heavy atom. The van der Waals surface area contributed by atoms with Gasteiger partial charge in [0.15, 0.2) is 0 Å².